The number of hydrogen-bond acceptors (Lipinski definition) is 2. The van der Waals surface area contributed by atoms with E-state index in [0.717, 1.165) is 59.9 Å². The van der Waals surface area contributed by atoms with Crippen molar-refractivity contribution in [2.24, 2.45) is 5.92 Å². The average Bonchev–Trinajstić information content (AvgIpc) is 2.61. The van der Waals surface area contributed by atoms with Crippen molar-refractivity contribution in [3.63, 3.8) is 0 Å². The van der Waals surface area contributed by atoms with E-state index in [2.05, 4.69) is 16.3 Å². The molecule has 1 heterocycles. The highest BCUT2D eigenvalue weighted by molar-refractivity contribution is 6.31. The molecule has 2 aromatic rings. The predicted octanol–water partition coefficient (Wildman–Crippen LogP) is 4.81. The van der Waals surface area contributed by atoms with Crippen molar-refractivity contribution in [1.82, 2.24) is 4.90 Å². The zero-order valence-corrected chi connectivity index (χ0v) is 15.6. The lowest BCUT2D eigenvalue weighted by atomic mass is 9.95. The zero-order chi connectivity index (χ0) is 17.8. The molecule has 0 atom stereocenters. The fourth-order valence-corrected chi connectivity index (χ4v) is 3.65. The Morgan fingerprint density at radius 2 is 1.72 bits per heavy atom. The van der Waals surface area contributed by atoms with Crippen LogP contribution in [0.4, 0.5) is 5.69 Å². The normalized spacial score (nSPS) is 16.0. The molecule has 1 N–H and O–H groups in total. The molecule has 25 heavy (non-hydrogen) atoms. The minimum Gasteiger partial charge on any atom is -0.325 e. The van der Waals surface area contributed by atoms with Crippen LogP contribution in [0.15, 0.2) is 42.5 Å². The molecule has 132 valence electrons. The van der Waals surface area contributed by atoms with Gasteiger partial charge in [0.2, 0.25) is 5.91 Å². The molecule has 1 amide bonds. The Balaban J connectivity index is 1.55. The summed E-state index contributed by atoms with van der Waals surface area (Å²) in [7, 11) is 0. The third-order valence-corrected chi connectivity index (χ3v) is 5.41. The van der Waals surface area contributed by atoms with Crippen LogP contribution in [0.3, 0.4) is 0 Å². The third kappa shape index (κ3) is 4.42. The van der Waals surface area contributed by atoms with E-state index in [0.29, 0.717) is 0 Å². The molecule has 0 unspecified atom stereocenters. The zero-order valence-electron chi connectivity index (χ0n) is 14.9. The van der Waals surface area contributed by atoms with Gasteiger partial charge in [-0.3, -0.25) is 9.69 Å². The molecular formula is C21H25ClN2O. The Labute approximate surface area is 155 Å². The number of nitrogens with zero attached hydrogens (tertiary/aromatic N) is 1. The number of para-hydroxylation sites is 1. The van der Waals surface area contributed by atoms with Gasteiger partial charge in [-0.2, -0.15) is 0 Å². The maximum absolute atomic E-state index is 12.6. The maximum atomic E-state index is 12.6. The molecule has 0 aliphatic carbocycles. The Bertz CT molecular complexity index is 731. The van der Waals surface area contributed by atoms with Gasteiger partial charge >= 0.3 is 0 Å². The van der Waals surface area contributed by atoms with Gasteiger partial charge in [0.25, 0.3) is 0 Å². The summed E-state index contributed by atoms with van der Waals surface area (Å²) in [6.07, 6.45) is 1.78. The quantitative estimate of drug-likeness (QED) is 0.852. The van der Waals surface area contributed by atoms with Crippen molar-refractivity contribution in [2.75, 3.05) is 18.4 Å². The van der Waals surface area contributed by atoms with Crippen molar-refractivity contribution < 1.29 is 4.79 Å². The topological polar surface area (TPSA) is 32.3 Å². The van der Waals surface area contributed by atoms with Gasteiger partial charge in [-0.05, 0) is 62.5 Å². The SMILES string of the molecule is Cc1cccc(C)c1NC(=O)C1CCN(Cc2ccccc2Cl)CC1. The summed E-state index contributed by atoms with van der Waals surface area (Å²) in [5.41, 5.74) is 4.35. The lowest BCUT2D eigenvalue weighted by molar-refractivity contribution is -0.121. The van der Waals surface area contributed by atoms with E-state index < -0.39 is 0 Å². The summed E-state index contributed by atoms with van der Waals surface area (Å²) < 4.78 is 0. The molecule has 0 bridgehead atoms. The molecule has 3 rings (SSSR count). The first-order valence-corrected chi connectivity index (χ1v) is 9.25. The predicted molar refractivity (Wildman–Crippen MR) is 104 cm³/mol. The Hall–Kier alpha value is -1.84. The maximum Gasteiger partial charge on any atom is 0.227 e. The van der Waals surface area contributed by atoms with Crippen molar-refractivity contribution >= 4 is 23.2 Å². The minimum atomic E-state index is 0.0847. The first-order chi connectivity index (χ1) is 12.0. The number of benzene rings is 2. The number of halogens is 1. The molecule has 1 aliphatic rings. The molecule has 0 radical (unpaired) electrons. The first kappa shape index (κ1) is 18.0. The third-order valence-electron chi connectivity index (χ3n) is 5.04. The number of aryl methyl sites for hydroxylation is 2. The van der Waals surface area contributed by atoms with Gasteiger partial charge in [0.05, 0.1) is 0 Å². The molecule has 1 aliphatic heterocycles. The molecule has 0 spiro atoms. The van der Waals surface area contributed by atoms with Gasteiger partial charge in [-0.25, -0.2) is 0 Å². The molecule has 4 heteroatoms. The van der Waals surface area contributed by atoms with Gasteiger partial charge < -0.3 is 5.32 Å². The number of carbonyl (C=O) groups excluding carboxylic acids is 1. The van der Waals surface area contributed by atoms with Crippen molar-refractivity contribution in [3.05, 3.63) is 64.2 Å². The first-order valence-electron chi connectivity index (χ1n) is 8.87. The second-order valence-corrected chi connectivity index (χ2v) is 7.31. The lowest BCUT2D eigenvalue weighted by Gasteiger charge is -2.31. The van der Waals surface area contributed by atoms with Crippen LogP contribution in [-0.2, 0) is 11.3 Å². The van der Waals surface area contributed by atoms with Crippen LogP contribution in [0.1, 0.15) is 29.5 Å². The van der Waals surface area contributed by atoms with Gasteiger partial charge in [0, 0.05) is 23.2 Å². The molecule has 1 fully saturated rings. The lowest BCUT2D eigenvalue weighted by Crippen LogP contribution is -2.38. The minimum absolute atomic E-state index is 0.0847. The van der Waals surface area contributed by atoms with Crippen LogP contribution in [0, 0.1) is 19.8 Å². The summed E-state index contributed by atoms with van der Waals surface area (Å²) >= 11 is 6.25. The van der Waals surface area contributed by atoms with Crippen LogP contribution in [0.5, 0.6) is 0 Å². The van der Waals surface area contributed by atoms with Crippen LogP contribution >= 0.6 is 11.6 Å². The van der Waals surface area contributed by atoms with Gasteiger partial charge in [0.15, 0.2) is 0 Å². The van der Waals surface area contributed by atoms with E-state index in [1.807, 2.05) is 50.2 Å². The van der Waals surface area contributed by atoms with Crippen LogP contribution in [0.2, 0.25) is 5.02 Å². The fraction of sp³-hybridized carbons (Fsp3) is 0.381. The number of rotatable bonds is 4. The van der Waals surface area contributed by atoms with Gasteiger partial charge in [-0.1, -0.05) is 48.0 Å². The Morgan fingerprint density at radius 1 is 1.08 bits per heavy atom. The highest BCUT2D eigenvalue weighted by atomic mass is 35.5. The highest BCUT2D eigenvalue weighted by Crippen LogP contribution is 2.25. The number of anilines is 1. The largest absolute Gasteiger partial charge is 0.325 e. The number of piperidine rings is 1. The summed E-state index contributed by atoms with van der Waals surface area (Å²) in [6.45, 7) is 6.78. The summed E-state index contributed by atoms with van der Waals surface area (Å²) in [6, 6.07) is 14.1. The monoisotopic (exact) mass is 356 g/mol. The summed E-state index contributed by atoms with van der Waals surface area (Å²) in [5, 5.41) is 3.96. The standard InChI is InChI=1S/C21H25ClN2O/c1-15-6-5-7-16(2)20(15)23-21(25)17-10-12-24(13-11-17)14-18-8-3-4-9-19(18)22/h3-9,17H,10-14H2,1-2H3,(H,23,25). The average molecular weight is 357 g/mol. The smallest absolute Gasteiger partial charge is 0.227 e. The van der Waals surface area contributed by atoms with Crippen molar-refractivity contribution in [2.45, 2.75) is 33.2 Å². The van der Waals surface area contributed by atoms with Crippen LogP contribution in [0.25, 0.3) is 0 Å². The Kier molecular flexibility index (Phi) is 5.77. The van der Waals surface area contributed by atoms with E-state index in [1.54, 1.807) is 0 Å². The highest BCUT2D eigenvalue weighted by Gasteiger charge is 2.25. The summed E-state index contributed by atoms with van der Waals surface area (Å²) in [5.74, 6) is 0.233. The van der Waals surface area contributed by atoms with Crippen LogP contribution < -0.4 is 5.32 Å². The van der Waals surface area contributed by atoms with Crippen molar-refractivity contribution in [1.29, 1.82) is 0 Å². The molecule has 1 saturated heterocycles. The molecule has 0 saturated carbocycles. The molecule has 0 aromatic heterocycles. The van der Waals surface area contributed by atoms with E-state index in [9.17, 15) is 4.79 Å². The van der Waals surface area contributed by atoms with E-state index in [4.69, 9.17) is 11.6 Å². The second-order valence-electron chi connectivity index (χ2n) is 6.90. The number of nitrogens with one attached hydrogen (secondary N) is 1. The van der Waals surface area contributed by atoms with E-state index in [-0.39, 0.29) is 11.8 Å². The molecule has 3 nitrogen and oxygen atoms in total. The number of hydrogen-bond donors (Lipinski definition) is 1. The number of likely N-dealkylation sites (tertiary alicyclic amines) is 1. The Morgan fingerprint density at radius 3 is 2.36 bits per heavy atom. The van der Waals surface area contributed by atoms with E-state index in [1.165, 1.54) is 0 Å². The van der Waals surface area contributed by atoms with Gasteiger partial charge in [0.1, 0.15) is 0 Å². The second kappa shape index (κ2) is 8.03. The summed E-state index contributed by atoms with van der Waals surface area (Å²) in [4.78, 5) is 15.0. The fourth-order valence-electron chi connectivity index (χ4n) is 3.46. The number of carbonyl (C=O) groups is 1. The van der Waals surface area contributed by atoms with Gasteiger partial charge in [-0.15, -0.1) is 0 Å². The number of amides is 1. The van der Waals surface area contributed by atoms with E-state index >= 15 is 0 Å². The molecular weight excluding hydrogens is 332 g/mol. The molecule has 2 aromatic carbocycles. The van der Waals surface area contributed by atoms with Crippen LogP contribution in [-0.4, -0.2) is 23.9 Å². The van der Waals surface area contributed by atoms with Crippen molar-refractivity contribution in [3.8, 4) is 0 Å².